The fourth-order valence-electron chi connectivity index (χ4n) is 6.23. The fraction of sp³-hybridized carbons (Fsp3) is 0.636. The summed E-state index contributed by atoms with van der Waals surface area (Å²) in [5.41, 5.74) is 1.26. The van der Waals surface area contributed by atoms with Crippen LogP contribution in [0.2, 0.25) is 0 Å². The summed E-state index contributed by atoms with van der Waals surface area (Å²) in [5.74, 6) is 0.537. The van der Waals surface area contributed by atoms with E-state index in [0.29, 0.717) is 12.3 Å². The number of hydrogen-bond acceptors (Lipinski definition) is 2. The van der Waals surface area contributed by atoms with Crippen molar-refractivity contribution < 1.29 is 9.59 Å². The summed E-state index contributed by atoms with van der Waals surface area (Å²) in [7, 11) is 0. The predicted molar refractivity (Wildman–Crippen MR) is 99.5 cm³/mol. The Balaban J connectivity index is 1.39. The Morgan fingerprint density at radius 2 is 1.69 bits per heavy atom. The molecule has 138 valence electrons. The molecule has 2 saturated carbocycles. The number of nitrogens with one attached hydrogen (secondary N) is 1. The number of amides is 2. The standard InChI is InChI=1S/C22H28N2O2/c25-18-14-20(16-23-18)10-12-24(13-11-20)19(26)22(17-6-2-1-3-7-17)15-21(22)8-4-5-9-21/h1-3,6-7H,4-5,8-16H2,(H,23,25)/t22-/m1/s1. The Morgan fingerprint density at radius 3 is 2.31 bits per heavy atom. The number of rotatable bonds is 2. The van der Waals surface area contributed by atoms with Crippen molar-refractivity contribution in [2.24, 2.45) is 10.8 Å². The summed E-state index contributed by atoms with van der Waals surface area (Å²) in [5, 5.41) is 2.99. The van der Waals surface area contributed by atoms with Crippen molar-refractivity contribution in [1.82, 2.24) is 10.2 Å². The van der Waals surface area contributed by atoms with Gasteiger partial charge in [-0.2, -0.15) is 0 Å². The van der Waals surface area contributed by atoms with Crippen LogP contribution < -0.4 is 5.32 Å². The van der Waals surface area contributed by atoms with Gasteiger partial charge in [-0.05, 0) is 48.5 Å². The van der Waals surface area contributed by atoms with Gasteiger partial charge >= 0.3 is 0 Å². The number of carbonyl (C=O) groups excluding carboxylic acids is 2. The molecule has 5 rings (SSSR count). The second kappa shape index (κ2) is 5.58. The zero-order chi connectivity index (χ0) is 17.8. The molecule has 0 radical (unpaired) electrons. The van der Waals surface area contributed by atoms with Gasteiger partial charge in [0, 0.05) is 26.1 Å². The number of carbonyl (C=O) groups is 2. The van der Waals surface area contributed by atoms with Crippen LogP contribution in [0.15, 0.2) is 30.3 Å². The van der Waals surface area contributed by atoms with Crippen LogP contribution in [0.1, 0.15) is 56.9 Å². The van der Waals surface area contributed by atoms with E-state index in [1.807, 2.05) is 6.07 Å². The van der Waals surface area contributed by atoms with E-state index >= 15 is 0 Å². The minimum atomic E-state index is -0.279. The minimum Gasteiger partial charge on any atom is -0.356 e. The van der Waals surface area contributed by atoms with Gasteiger partial charge < -0.3 is 10.2 Å². The first kappa shape index (κ1) is 16.3. The van der Waals surface area contributed by atoms with Gasteiger partial charge in [-0.3, -0.25) is 9.59 Å². The monoisotopic (exact) mass is 352 g/mol. The average Bonchev–Trinajstić information content (AvgIpc) is 2.92. The molecule has 2 spiro atoms. The highest BCUT2D eigenvalue weighted by molar-refractivity contribution is 5.93. The van der Waals surface area contributed by atoms with Crippen molar-refractivity contribution in [2.75, 3.05) is 19.6 Å². The van der Waals surface area contributed by atoms with E-state index in [2.05, 4.69) is 34.5 Å². The number of hydrogen-bond donors (Lipinski definition) is 1. The summed E-state index contributed by atoms with van der Waals surface area (Å²) in [6.07, 6.45) is 8.50. The van der Waals surface area contributed by atoms with Crippen LogP contribution in [-0.4, -0.2) is 36.3 Å². The van der Waals surface area contributed by atoms with Crippen molar-refractivity contribution in [3.05, 3.63) is 35.9 Å². The van der Waals surface area contributed by atoms with Crippen LogP contribution in [0.3, 0.4) is 0 Å². The molecular formula is C22H28N2O2. The van der Waals surface area contributed by atoms with E-state index in [1.165, 1.54) is 31.2 Å². The molecule has 4 nitrogen and oxygen atoms in total. The zero-order valence-electron chi connectivity index (χ0n) is 15.4. The van der Waals surface area contributed by atoms with Gasteiger partial charge in [-0.15, -0.1) is 0 Å². The SMILES string of the molecule is O=C1CC2(CCN(C(=O)[C@]3(c4ccccc4)CC34CCCC4)CC2)CN1. The zero-order valence-corrected chi connectivity index (χ0v) is 15.4. The van der Waals surface area contributed by atoms with E-state index in [4.69, 9.17) is 0 Å². The molecule has 2 saturated heterocycles. The lowest BCUT2D eigenvalue weighted by Crippen LogP contribution is -2.48. The first-order valence-corrected chi connectivity index (χ1v) is 10.2. The molecule has 1 aromatic carbocycles. The van der Waals surface area contributed by atoms with Crippen LogP contribution in [0.25, 0.3) is 0 Å². The highest BCUT2D eigenvalue weighted by atomic mass is 16.2. The lowest BCUT2D eigenvalue weighted by molar-refractivity contribution is -0.137. The lowest BCUT2D eigenvalue weighted by atomic mass is 9.76. The number of nitrogens with zero attached hydrogens (tertiary/aromatic N) is 1. The topological polar surface area (TPSA) is 49.4 Å². The van der Waals surface area contributed by atoms with Gasteiger partial charge in [0.2, 0.25) is 11.8 Å². The van der Waals surface area contributed by atoms with E-state index < -0.39 is 0 Å². The summed E-state index contributed by atoms with van der Waals surface area (Å²) < 4.78 is 0. The normalized spacial score (nSPS) is 31.4. The maximum Gasteiger partial charge on any atom is 0.233 e. The van der Waals surface area contributed by atoms with Crippen molar-refractivity contribution in [3.63, 3.8) is 0 Å². The van der Waals surface area contributed by atoms with Gasteiger partial charge in [0.25, 0.3) is 0 Å². The minimum absolute atomic E-state index is 0.0996. The largest absolute Gasteiger partial charge is 0.356 e. The van der Waals surface area contributed by atoms with Crippen molar-refractivity contribution in [1.29, 1.82) is 0 Å². The molecule has 0 bridgehead atoms. The highest BCUT2D eigenvalue weighted by Crippen LogP contribution is 2.72. The van der Waals surface area contributed by atoms with E-state index in [-0.39, 0.29) is 22.2 Å². The summed E-state index contributed by atoms with van der Waals surface area (Å²) in [4.78, 5) is 27.5. The molecule has 26 heavy (non-hydrogen) atoms. The van der Waals surface area contributed by atoms with E-state index in [1.54, 1.807) is 0 Å². The smallest absolute Gasteiger partial charge is 0.233 e. The Kier molecular flexibility index (Phi) is 3.51. The average molecular weight is 352 g/mol. The summed E-state index contributed by atoms with van der Waals surface area (Å²) in [6, 6.07) is 10.5. The number of piperidine rings is 1. The predicted octanol–water partition coefficient (Wildman–Crippen LogP) is 3.02. The Morgan fingerprint density at radius 1 is 1.00 bits per heavy atom. The van der Waals surface area contributed by atoms with Crippen LogP contribution in [-0.2, 0) is 15.0 Å². The van der Waals surface area contributed by atoms with Gasteiger partial charge in [-0.25, -0.2) is 0 Å². The molecule has 2 aliphatic heterocycles. The van der Waals surface area contributed by atoms with Crippen LogP contribution >= 0.6 is 0 Å². The maximum atomic E-state index is 13.8. The molecule has 1 atom stereocenters. The van der Waals surface area contributed by atoms with Gasteiger partial charge in [-0.1, -0.05) is 43.2 Å². The molecule has 4 heteroatoms. The molecular weight excluding hydrogens is 324 g/mol. The molecule has 4 fully saturated rings. The van der Waals surface area contributed by atoms with Gasteiger partial charge in [0.1, 0.15) is 0 Å². The second-order valence-corrected chi connectivity index (χ2v) is 9.18. The van der Waals surface area contributed by atoms with E-state index in [9.17, 15) is 9.59 Å². The van der Waals surface area contributed by atoms with Crippen LogP contribution in [0.5, 0.6) is 0 Å². The highest BCUT2D eigenvalue weighted by Gasteiger charge is 2.73. The number of benzene rings is 1. The molecule has 2 heterocycles. The third-order valence-corrected chi connectivity index (χ3v) is 7.88. The Bertz CT molecular complexity index is 730. The van der Waals surface area contributed by atoms with Gasteiger partial charge in [0.15, 0.2) is 0 Å². The first-order chi connectivity index (χ1) is 12.6. The quantitative estimate of drug-likeness (QED) is 0.889. The van der Waals surface area contributed by atoms with Crippen molar-refractivity contribution >= 4 is 11.8 Å². The van der Waals surface area contributed by atoms with Crippen LogP contribution in [0, 0.1) is 10.8 Å². The Labute approximate surface area is 155 Å². The molecule has 0 aromatic heterocycles. The third-order valence-electron chi connectivity index (χ3n) is 7.88. The second-order valence-electron chi connectivity index (χ2n) is 9.18. The molecule has 2 aliphatic carbocycles. The Hall–Kier alpha value is -1.84. The summed E-state index contributed by atoms with van der Waals surface area (Å²) in [6.45, 7) is 2.40. The van der Waals surface area contributed by atoms with E-state index in [0.717, 1.165) is 38.9 Å². The number of likely N-dealkylation sites (tertiary alicyclic amines) is 1. The third kappa shape index (κ3) is 2.20. The molecule has 0 unspecified atom stereocenters. The van der Waals surface area contributed by atoms with Gasteiger partial charge in [0.05, 0.1) is 5.41 Å². The van der Waals surface area contributed by atoms with Crippen molar-refractivity contribution in [2.45, 2.75) is 56.8 Å². The molecule has 1 N–H and O–H groups in total. The van der Waals surface area contributed by atoms with Crippen LogP contribution in [0.4, 0.5) is 0 Å². The molecule has 1 aromatic rings. The van der Waals surface area contributed by atoms with Crippen molar-refractivity contribution in [3.8, 4) is 0 Å². The first-order valence-electron chi connectivity index (χ1n) is 10.2. The molecule has 4 aliphatic rings. The summed E-state index contributed by atoms with van der Waals surface area (Å²) >= 11 is 0. The fourth-order valence-corrected chi connectivity index (χ4v) is 6.23. The lowest BCUT2D eigenvalue weighted by Gasteiger charge is -2.40. The maximum absolute atomic E-state index is 13.8. The molecule has 2 amide bonds.